The molecular weight excluding hydrogens is 464 g/mol. The number of nitrogens with one attached hydrogen (secondary N) is 1. The molecule has 2 aliphatic rings. The summed E-state index contributed by atoms with van der Waals surface area (Å²) in [6.45, 7) is 3.77. The Bertz CT molecular complexity index is 1540. The van der Waals surface area contributed by atoms with Crippen LogP contribution in [-0.4, -0.2) is 46.1 Å². The number of para-hydroxylation sites is 2. The third-order valence-corrected chi connectivity index (χ3v) is 7.73. The molecule has 0 saturated carbocycles. The predicted molar refractivity (Wildman–Crippen MR) is 143 cm³/mol. The molecule has 1 fully saturated rings. The monoisotopic (exact) mass is 494 g/mol. The van der Waals surface area contributed by atoms with E-state index in [-0.39, 0.29) is 23.1 Å². The summed E-state index contributed by atoms with van der Waals surface area (Å²) >= 11 is 0. The second-order valence-electron chi connectivity index (χ2n) is 10.2. The largest absolute Gasteiger partial charge is 0.487 e. The SMILES string of the molecule is Cc1nc2ccccc2c(=O)n1-c1ccc(C(=O)N[C@@H]2CC3(CCN(C)CC3)Oc3ccccc32)cc1. The Balaban J connectivity index is 1.26. The fourth-order valence-corrected chi connectivity index (χ4v) is 5.63. The second kappa shape index (κ2) is 9.16. The molecule has 3 heterocycles. The lowest BCUT2D eigenvalue weighted by atomic mass is 9.80. The average Bonchev–Trinajstić information content (AvgIpc) is 2.91. The molecule has 1 spiro atoms. The summed E-state index contributed by atoms with van der Waals surface area (Å²) in [4.78, 5) is 33.4. The van der Waals surface area contributed by atoms with Gasteiger partial charge in [0.1, 0.15) is 17.2 Å². The summed E-state index contributed by atoms with van der Waals surface area (Å²) in [5, 5.41) is 3.83. The van der Waals surface area contributed by atoms with Crippen molar-refractivity contribution in [3.63, 3.8) is 0 Å². The maximum Gasteiger partial charge on any atom is 0.265 e. The molecular formula is C30H30N4O3. The average molecular weight is 495 g/mol. The van der Waals surface area contributed by atoms with Crippen LogP contribution in [0.1, 0.15) is 47.1 Å². The summed E-state index contributed by atoms with van der Waals surface area (Å²) in [5.41, 5.74) is 2.54. The first kappa shape index (κ1) is 23.4. The van der Waals surface area contributed by atoms with Crippen LogP contribution in [0.4, 0.5) is 0 Å². The Morgan fingerprint density at radius 1 is 1.00 bits per heavy atom. The molecule has 1 N–H and O–H groups in total. The Hall–Kier alpha value is -3.97. The summed E-state index contributed by atoms with van der Waals surface area (Å²) in [6.07, 6.45) is 2.62. The molecule has 1 atom stereocenters. The molecule has 3 aromatic carbocycles. The van der Waals surface area contributed by atoms with Crippen LogP contribution in [0.3, 0.4) is 0 Å². The zero-order valence-electron chi connectivity index (χ0n) is 21.1. The number of fused-ring (bicyclic) bond motifs is 2. The van der Waals surface area contributed by atoms with Gasteiger partial charge in [-0.1, -0.05) is 30.3 Å². The molecule has 188 valence electrons. The molecule has 7 heteroatoms. The van der Waals surface area contributed by atoms with Crippen LogP contribution in [-0.2, 0) is 0 Å². The first-order valence-electron chi connectivity index (χ1n) is 12.8. The van der Waals surface area contributed by atoms with Gasteiger partial charge >= 0.3 is 0 Å². The van der Waals surface area contributed by atoms with Crippen LogP contribution >= 0.6 is 0 Å². The van der Waals surface area contributed by atoms with Gasteiger partial charge in [-0.15, -0.1) is 0 Å². The third kappa shape index (κ3) is 4.29. The first-order chi connectivity index (χ1) is 17.9. The fourth-order valence-electron chi connectivity index (χ4n) is 5.63. The fraction of sp³-hybridized carbons (Fsp3) is 0.300. The zero-order valence-corrected chi connectivity index (χ0v) is 21.1. The van der Waals surface area contributed by atoms with Crippen molar-refractivity contribution in [2.75, 3.05) is 20.1 Å². The van der Waals surface area contributed by atoms with E-state index in [1.54, 1.807) is 34.9 Å². The van der Waals surface area contributed by atoms with Gasteiger partial charge in [-0.3, -0.25) is 14.2 Å². The van der Waals surface area contributed by atoms with Crippen molar-refractivity contribution in [3.8, 4) is 11.4 Å². The minimum atomic E-state index is -0.259. The molecule has 1 saturated heterocycles. The van der Waals surface area contributed by atoms with Gasteiger partial charge in [0.05, 0.1) is 22.6 Å². The number of carbonyl (C=O) groups excluding carboxylic acids is 1. The van der Waals surface area contributed by atoms with Gasteiger partial charge in [0.25, 0.3) is 11.5 Å². The lowest BCUT2D eigenvalue weighted by Crippen LogP contribution is -2.51. The van der Waals surface area contributed by atoms with Gasteiger partial charge in [-0.2, -0.15) is 0 Å². The lowest BCUT2D eigenvalue weighted by Gasteiger charge is -2.46. The topological polar surface area (TPSA) is 76.5 Å². The molecule has 0 radical (unpaired) electrons. The molecule has 0 bridgehead atoms. The molecule has 0 aliphatic carbocycles. The van der Waals surface area contributed by atoms with Crippen molar-refractivity contribution >= 4 is 16.8 Å². The van der Waals surface area contributed by atoms with Crippen LogP contribution in [0.25, 0.3) is 16.6 Å². The number of hydrogen-bond acceptors (Lipinski definition) is 5. The molecule has 7 nitrogen and oxygen atoms in total. The number of nitrogens with zero attached hydrogens (tertiary/aromatic N) is 3. The third-order valence-electron chi connectivity index (χ3n) is 7.73. The van der Waals surface area contributed by atoms with E-state index in [9.17, 15) is 9.59 Å². The van der Waals surface area contributed by atoms with E-state index >= 15 is 0 Å². The van der Waals surface area contributed by atoms with E-state index in [1.807, 2.05) is 49.4 Å². The first-order valence-corrected chi connectivity index (χ1v) is 12.8. The second-order valence-corrected chi connectivity index (χ2v) is 10.2. The van der Waals surface area contributed by atoms with E-state index in [0.29, 0.717) is 28.0 Å². The molecule has 4 aromatic rings. The van der Waals surface area contributed by atoms with Gasteiger partial charge in [-0.05, 0) is 69.3 Å². The Kier molecular flexibility index (Phi) is 5.80. The van der Waals surface area contributed by atoms with E-state index in [4.69, 9.17) is 4.74 Å². The maximum atomic E-state index is 13.4. The van der Waals surface area contributed by atoms with Crippen LogP contribution in [0, 0.1) is 6.92 Å². The normalized spacial score (nSPS) is 18.8. The van der Waals surface area contributed by atoms with E-state index in [2.05, 4.69) is 22.2 Å². The van der Waals surface area contributed by atoms with E-state index in [1.165, 1.54) is 0 Å². The van der Waals surface area contributed by atoms with Crippen molar-refractivity contribution in [2.45, 2.75) is 37.8 Å². The molecule has 37 heavy (non-hydrogen) atoms. The quantitative estimate of drug-likeness (QED) is 0.457. The number of piperidine rings is 1. The smallest absolute Gasteiger partial charge is 0.265 e. The summed E-state index contributed by atoms with van der Waals surface area (Å²) < 4.78 is 8.11. The number of likely N-dealkylation sites (tertiary alicyclic amines) is 1. The predicted octanol–water partition coefficient (Wildman–Crippen LogP) is 4.41. The van der Waals surface area contributed by atoms with Gasteiger partial charge in [-0.25, -0.2) is 4.98 Å². The van der Waals surface area contributed by atoms with E-state index < -0.39 is 0 Å². The standard InChI is InChI=1S/C30H30N4O3/c1-20-31-25-9-5-3-8-24(25)29(36)34(20)22-13-11-21(12-14-22)28(35)32-26-19-30(15-17-33(2)18-16-30)37-27-10-6-4-7-23(26)27/h3-14,26H,15-19H2,1-2H3,(H,32,35)/t26-/m1/s1. The van der Waals surface area contributed by atoms with Crippen molar-refractivity contribution in [2.24, 2.45) is 0 Å². The van der Waals surface area contributed by atoms with Gasteiger partial charge < -0.3 is 15.0 Å². The number of aromatic nitrogens is 2. The highest BCUT2D eigenvalue weighted by molar-refractivity contribution is 5.94. The Morgan fingerprint density at radius 2 is 1.70 bits per heavy atom. The van der Waals surface area contributed by atoms with Gasteiger partial charge in [0.2, 0.25) is 0 Å². The number of benzene rings is 3. The summed E-state index contributed by atoms with van der Waals surface area (Å²) in [7, 11) is 2.14. The van der Waals surface area contributed by atoms with Crippen molar-refractivity contribution < 1.29 is 9.53 Å². The maximum absolute atomic E-state index is 13.4. The number of ether oxygens (including phenoxy) is 1. The highest BCUT2D eigenvalue weighted by atomic mass is 16.5. The zero-order chi connectivity index (χ0) is 25.6. The van der Waals surface area contributed by atoms with Crippen molar-refractivity contribution in [3.05, 3.63) is 100 Å². The van der Waals surface area contributed by atoms with Gasteiger partial charge in [0.15, 0.2) is 0 Å². The number of rotatable bonds is 3. The number of aryl methyl sites for hydroxylation is 1. The molecule has 6 rings (SSSR count). The molecule has 2 aliphatic heterocycles. The minimum absolute atomic E-state index is 0.123. The summed E-state index contributed by atoms with van der Waals surface area (Å²) in [6, 6.07) is 22.3. The minimum Gasteiger partial charge on any atom is -0.487 e. The number of carbonyl (C=O) groups is 1. The highest BCUT2D eigenvalue weighted by Gasteiger charge is 2.43. The molecule has 1 aromatic heterocycles. The van der Waals surface area contributed by atoms with Crippen LogP contribution in [0.2, 0.25) is 0 Å². The van der Waals surface area contributed by atoms with Gasteiger partial charge in [0, 0.05) is 30.6 Å². The van der Waals surface area contributed by atoms with E-state index in [0.717, 1.165) is 43.7 Å². The van der Waals surface area contributed by atoms with Crippen LogP contribution < -0.4 is 15.6 Å². The molecule has 1 amide bonds. The molecule has 0 unspecified atom stereocenters. The van der Waals surface area contributed by atoms with Crippen molar-refractivity contribution in [1.82, 2.24) is 19.8 Å². The number of amides is 1. The number of hydrogen-bond donors (Lipinski definition) is 1. The Labute approximate surface area is 215 Å². The lowest BCUT2D eigenvalue weighted by molar-refractivity contribution is -0.0195. The van der Waals surface area contributed by atoms with Crippen LogP contribution in [0.15, 0.2) is 77.6 Å². The Morgan fingerprint density at radius 3 is 2.49 bits per heavy atom. The summed E-state index contributed by atoms with van der Waals surface area (Å²) in [5.74, 6) is 1.32. The highest BCUT2D eigenvalue weighted by Crippen LogP contribution is 2.44. The van der Waals surface area contributed by atoms with Crippen molar-refractivity contribution in [1.29, 1.82) is 0 Å². The van der Waals surface area contributed by atoms with Crippen LogP contribution in [0.5, 0.6) is 5.75 Å².